The number of fused-ring (bicyclic) bond motifs is 1. The molecular weight excluding hydrogens is 548 g/mol. The predicted octanol–water partition coefficient (Wildman–Crippen LogP) is 8.53. The molecule has 0 aliphatic heterocycles. The van der Waals surface area contributed by atoms with Crippen LogP contribution in [-0.2, 0) is 25.5 Å². The Morgan fingerprint density at radius 1 is 0.864 bits per heavy atom. The number of aliphatic hydroxyl groups excluding tert-OH is 1. The van der Waals surface area contributed by atoms with E-state index in [-0.39, 0.29) is 12.2 Å². The van der Waals surface area contributed by atoms with E-state index >= 15 is 0 Å². The van der Waals surface area contributed by atoms with Crippen molar-refractivity contribution >= 4 is 23.3 Å². The Labute approximate surface area is 265 Å². The molecule has 44 heavy (non-hydrogen) atoms. The smallest absolute Gasteiger partial charge is 0.147 e. The van der Waals surface area contributed by atoms with Crippen LogP contribution >= 0.6 is 0 Å². The van der Waals surface area contributed by atoms with E-state index in [1.54, 1.807) is 21.1 Å². The van der Waals surface area contributed by atoms with Gasteiger partial charge < -0.3 is 14.6 Å². The monoisotopic (exact) mass is 600 g/mol. The van der Waals surface area contributed by atoms with E-state index in [4.69, 9.17) is 14.6 Å². The van der Waals surface area contributed by atoms with Gasteiger partial charge in [-0.3, -0.25) is 9.59 Å². The topological polar surface area (TPSA) is 72.8 Å². The second-order valence-electron chi connectivity index (χ2n) is 11.9. The van der Waals surface area contributed by atoms with Gasteiger partial charge in [-0.05, 0) is 102 Å². The van der Waals surface area contributed by atoms with Crippen LogP contribution in [0.25, 0.3) is 21.9 Å². The highest BCUT2D eigenvalue weighted by Gasteiger charge is 2.25. The summed E-state index contributed by atoms with van der Waals surface area (Å²) in [5.74, 6) is 2.03. The van der Waals surface area contributed by atoms with Gasteiger partial charge >= 0.3 is 0 Å². The Morgan fingerprint density at radius 2 is 1.43 bits per heavy atom. The number of aryl methyl sites for hydroxylation is 1. The Kier molecular flexibility index (Phi) is 17.2. The molecule has 0 heterocycles. The normalized spacial score (nSPS) is 15.9. The summed E-state index contributed by atoms with van der Waals surface area (Å²) in [6, 6.07) is 23.2. The van der Waals surface area contributed by atoms with Crippen LogP contribution in [0.4, 0.5) is 0 Å². The number of methoxy groups -OCH3 is 2. The molecule has 0 bridgehead atoms. The van der Waals surface area contributed by atoms with Crippen LogP contribution < -0.4 is 0 Å². The molecule has 3 aromatic carbocycles. The third-order valence-corrected chi connectivity index (χ3v) is 8.05. The van der Waals surface area contributed by atoms with E-state index in [1.165, 1.54) is 71.6 Å². The van der Waals surface area contributed by atoms with Gasteiger partial charge in [0.2, 0.25) is 0 Å². The van der Waals surface area contributed by atoms with Crippen LogP contribution in [0.2, 0.25) is 0 Å². The van der Waals surface area contributed by atoms with Crippen molar-refractivity contribution in [3.8, 4) is 11.1 Å². The predicted molar refractivity (Wildman–Crippen MR) is 183 cm³/mol. The highest BCUT2D eigenvalue weighted by atomic mass is 16.5. The van der Waals surface area contributed by atoms with Crippen LogP contribution in [0.5, 0.6) is 0 Å². The molecule has 1 aliphatic rings. The highest BCUT2D eigenvalue weighted by Crippen LogP contribution is 2.39. The van der Waals surface area contributed by atoms with Crippen LogP contribution in [0.3, 0.4) is 0 Å². The Morgan fingerprint density at radius 3 is 1.93 bits per heavy atom. The minimum atomic E-state index is -0.233. The molecule has 4 rings (SSSR count). The average Bonchev–Trinajstić information content (AvgIpc) is 3.05. The SMILES string of the molecule is C=C(C)C=O.C=C(C=O)CO.CCCc1ccc(-c2ccc3cc(C4CCC(CC(COC)COC)CC4)ccc3c2)cc1. The fraction of sp³-hybridized carbons (Fsp3) is 0.436. The van der Waals surface area contributed by atoms with Gasteiger partial charge in [0.25, 0.3) is 0 Å². The number of carbonyl (C=O) groups excluding carboxylic acids is 2. The van der Waals surface area contributed by atoms with Gasteiger partial charge in [-0.15, -0.1) is 0 Å². The lowest BCUT2D eigenvalue weighted by atomic mass is 9.75. The molecule has 238 valence electrons. The minimum Gasteiger partial charge on any atom is -0.392 e. The van der Waals surface area contributed by atoms with Crippen molar-refractivity contribution in [2.24, 2.45) is 11.8 Å². The van der Waals surface area contributed by atoms with Crippen molar-refractivity contribution in [1.29, 1.82) is 0 Å². The van der Waals surface area contributed by atoms with Gasteiger partial charge in [-0.2, -0.15) is 0 Å². The number of ether oxygens (including phenoxy) is 2. The molecule has 0 spiro atoms. The van der Waals surface area contributed by atoms with Crippen molar-refractivity contribution in [2.45, 2.75) is 64.7 Å². The third-order valence-electron chi connectivity index (χ3n) is 8.05. The van der Waals surface area contributed by atoms with Crippen molar-refractivity contribution in [3.63, 3.8) is 0 Å². The zero-order valence-corrected chi connectivity index (χ0v) is 27.2. The maximum atomic E-state index is 9.48. The second kappa shape index (κ2) is 20.6. The van der Waals surface area contributed by atoms with Gasteiger partial charge in [0.15, 0.2) is 0 Å². The average molecular weight is 601 g/mol. The maximum absolute atomic E-state index is 9.48. The van der Waals surface area contributed by atoms with Crippen LogP contribution in [0, 0.1) is 11.8 Å². The number of allylic oxidation sites excluding steroid dienone is 1. The summed E-state index contributed by atoms with van der Waals surface area (Å²) >= 11 is 0. The van der Waals surface area contributed by atoms with Crippen LogP contribution in [0.15, 0.2) is 85.0 Å². The molecule has 1 saturated carbocycles. The molecule has 0 radical (unpaired) electrons. The molecule has 0 aromatic heterocycles. The van der Waals surface area contributed by atoms with Crippen LogP contribution in [-0.4, -0.2) is 51.7 Å². The fourth-order valence-corrected chi connectivity index (χ4v) is 5.75. The number of benzene rings is 3. The molecule has 0 saturated heterocycles. The zero-order chi connectivity index (χ0) is 32.3. The number of carbonyl (C=O) groups is 2. The van der Waals surface area contributed by atoms with Gasteiger partial charge in [0.05, 0.1) is 19.8 Å². The van der Waals surface area contributed by atoms with Crippen molar-refractivity contribution in [3.05, 3.63) is 96.1 Å². The number of rotatable bonds is 13. The summed E-state index contributed by atoms with van der Waals surface area (Å²) < 4.78 is 10.8. The van der Waals surface area contributed by atoms with E-state index in [9.17, 15) is 9.59 Å². The number of aldehydes is 2. The van der Waals surface area contributed by atoms with Crippen molar-refractivity contribution in [2.75, 3.05) is 34.0 Å². The maximum Gasteiger partial charge on any atom is 0.147 e. The summed E-state index contributed by atoms with van der Waals surface area (Å²) in [4.78, 5) is 18.9. The molecule has 0 unspecified atom stereocenters. The van der Waals surface area contributed by atoms with Gasteiger partial charge in [0.1, 0.15) is 12.6 Å². The first-order chi connectivity index (χ1) is 21.3. The minimum absolute atomic E-state index is 0.218. The van der Waals surface area contributed by atoms with Crippen LogP contribution in [0.1, 0.15) is 69.4 Å². The molecule has 5 nitrogen and oxygen atoms in total. The molecule has 0 atom stereocenters. The summed E-state index contributed by atoms with van der Waals surface area (Å²) in [6.07, 6.45) is 10.1. The van der Waals surface area contributed by atoms with E-state index in [0.29, 0.717) is 23.7 Å². The summed E-state index contributed by atoms with van der Waals surface area (Å²) in [5.41, 5.74) is 6.34. The van der Waals surface area contributed by atoms with Crippen molar-refractivity contribution < 1.29 is 24.2 Å². The highest BCUT2D eigenvalue weighted by molar-refractivity contribution is 5.88. The largest absolute Gasteiger partial charge is 0.392 e. The fourth-order valence-electron chi connectivity index (χ4n) is 5.75. The number of hydrogen-bond acceptors (Lipinski definition) is 5. The summed E-state index contributed by atoms with van der Waals surface area (Å²) in [5, 5.41) is 10.7. The summed E-state index contributed by atoms with van der Waals surface area (Å²) in [7, 11) is 3.59. The molecule has 1 fully saturated rings. The first-order valence-corrected chi connectivity index (χ1v) is 15.7. The lowest BCUT2D eigenvalue weighted by Gasteiger charge is -2.31. The number of hydrogen-bond donors (Lipinski definition) is 1. The van der Waals surface area contributed by atoms with Crippen molar-refractivity contribution in [1.82, 2.24) is 0 Å². The lowest BCUT2D eigenvalue weighted by Crippen LogP contribution is -2.21. The molecule has 1 N–H and O–H groups in total. The van der Waals surface area contributed by atoms with Gasteiger partial charge in [0, 0.05) is 25.7 Å². The lowest BCUT2D eigenvalue weighted by molar-refractivity contribution is -0.105. The number of aliphatic hydroxyl groups is 1. The molecule has 5 heteroatoms. The van der Waals surface area contributed by atoms with E-state index in [0.717, 1.165) is 31.8 Å². The first-order valence-electron chi connectivity index (χ1n) is 15.7. The second-order valence-corrected chi connectivity index (χ2v) is 11.9. The molecule has 3 aromatic rings. The van der Waals surface area contributed by atoms with Gasteiger partial charge in [-0.1, -0.05) is 81.1 Å². The van der Waals surface area contributed by atoms with Gasteiger partial charge in [-0.25, -0.2) is 0 Å². The molecule has 1 aliphatic carbocycles. The Hall–Kier alpha value is -3.38. The third kappa shape index (κ3) is 12.7. The standard InChI is InChI=1S/C31H40O2.C4H6O2.C4H6O/c1-4-5-23-6-10-26(11-7-23)28-14-16-31-20-29(15-17-30(31)19-28)27-12-8-24(9-13-27)18-25(21-32-2)22-33-3;1-4(2-5)3-6;1-4(2)3-5/h6-7,10-11,14-17,19-20,24-25,27H,4-5,8-9,12-13,18,21-22H2,1-3H3;2,6H,1,3H2;3H,1H2,2H3. The molecular formula is C39H52O5. The van der Waals surface area contributed by atoms with E-state index in [2.05, 4.69) is 80.7 Å². The zero-order valence-electron chi connectivity index (χ0n) is 27.2. The quantitative estimate of drug-likeness (QED) is 0.157. The Balaban J connectivity index is 0.000000526. The summed E-state index contributed by atoms with van der Waals surface area (Å²) in [6.45, 7) is 11.8. The van der Waals surface area contributed by atoms with E-state index in [1.807, 2.05) is 0 Å². The van der Waals surface area contributed by atoms with E-state index < -0.39 is 0 Å². The first kappa shape index (κ1) is 36.8. The molecule has 0 amide bonds. The Bertz CT molecular complexity index is 1300.